The van der Waals surface area contributed by atoms with Crippen LogP contribution in [0.2, 0.25) is 0 Å². The van der Waals surface area contributed by atoms with E-state index in [4.69, 9.17) is 0 Å². The Kier molecular flexibility index (Phi) is 5.34. The van der Waals surface area contributed by atoms with Crippen molar-refractivity contribution in [2.24, 2.45) is 50.7 Å². The maximum absolute atomic E-state index is 12.8. The van der Waals surface area contributed by atoms with E-state index in [2.05, 4.69) is 40.7 Å². The Bertz CT molecular complexity index is 786. The molecule has 5 rings (SSSR count). The molecule has 5 aliphatic rings. The van der Waals surface area contributed by atoms with Gasteiger partial charge in [0, 0.05) is 0 Å². The van der Waals surface area contributed by atoms with Gasteiger partial charge in [-0.2, -0.15) is 0 Å². The van der Waals surface area contributed by atoms with Crippen LogP contribution in [-0.2, 0) is 0 Å². The molecule has 182 valence electrons. The van der Waals surface area contributed by atoms with E-state index < -0.39 is 0 Å². The van der Waals surface area contributed by atoms with Crippen LogP contribution < -0.4 is 0 Å². The number of alkyl halides is 1. The van der Waals surface area contributed by atoms with Crippen LogP contribution in [0, 0.1) is 50.7 Å². The number of halogens is 1. The molecular formula is C30H49FO. The summed E-state index contributed by atoms with van der Waals surface area (Å²) in [6.45, 7) is 14.2. The van der Waals surface area contributed by atoms with E-state index >= 15 is 0 Å². The summed E-state index contributed by atoms with van der Waals surface area (Å²) in [4.78, 5) is 0. The minimum Gasteiger partial charge on any atom is -0.393 e. The second kappa shape index (κ2) is 7.32. The van der Waals surface area contributed by atoms with E-state index in [1.807, 2.05) is 6.92 Å². The van der Waals surface area contributed by atoms with Crippen molar-refractivity contribution in [3.05, 3.63) is 11.6 Å². The van der Waals surface area contributed by atoms with Crippen LogP contribution in [0.1, 0.15) is 112 Å². The average molecular weight is 445 g/mol. The molecular weight excluding hydrogens is 395 g/mol. The van der Waals surface area contributed by atoms with Gasteiger partial charge in [-0.05, 0) is 134 Å². The highest BCUT2D eigenvalue weighted by Gasteiger charge is 2.82. The smallest absolute Gasteiger partial charge is 0.110 e. The highest BCUT2D eigenvalue weighted by Crippen LogP contribution is 2.89. The number of aliphatic hydroxyl groups excluding tert-OH is 1. The standard InChI is InChI=1S/C30H49FO/c1-20(18-31)8-7-9-21(2)22-12-14-28(6)24-11-10-23-26(3,4)25(32)13-15-29(23)19-30(24,29)17-16-27(22,28)5/h8,21-25,32H,7,9-19H2,1-6H3/b20-8+/t21-,22-,23+,24+,25?,27-,28+,29-,30+/m1/s1. The number of rotatable bonds is 5. The third-order valence-electron chi connectivity index (χ3n) is 13.2. The van der Waals surface area contributed by atoms with Gasteiger partial charge in [0.05, 0.1) is 6.10 Å². The quantitative estimate of drug-likeness (QED) is 0.424. The van der Waals surface area contributed by atoms with E-state index in [1.54, 1.807) is 0 Å². The van der Waals surface area contributed by atoms with Gasteiger partial charge in [-0.15, -0.1) is 0 Å². The molecule has 1 N–H and O–H groups in total. The average Bonchev–Trinajstić information content (AvgIpc) is 3.33. The Hall–Kier alpha value is -0.370. The van der Waals surface area contributed by atoms with E-state index in [0.717, 1.165) is 42.1 Å². The molecule has 5 aliphatic carbocycles. The van der Waals surface area contributed by atoms with Gasteiger partial charge in [0.25, 0.3) is 0 Å². The summed E-state index contributed by atoms with van der Waals surface area (Å²) in [5.74, 6) is 3.17. The Balaban J connectivity index is 1.38. The zero-order valence-corrected chi connectivity index (χ0v) is 21.8. The highest BCUT2D eigenvalue weighted by molar-refractivity contribution is 5.30. The van der Waals surface area contributed by atoms with Crippen LogP contribution in [0.15, 0.2) is 11.6 Å². The van der Waals surface area contributed by atoms with Crippen molar-refractivity contribution in [1.29, 1.82) is 0 Å². The molecule has 0 heterocycles. The van der Waals surface area contributed by atoms with Gasteiger partial charge < -0.3 is 5.11 Å². The van der Waals surface area contributed by atoms with Crippen molar-refractivity contribution in [3.63, 3.8) is 0 Å². The fourth-order valence-corrected chi connectivity index (χ4v) is 11.1. The predicted octanol–water partition coefficient (Wildman–Crippen LogP) is 8.12. The minimum atomic E-state index is -0.298. The topological polar surface area (TPSA) is 20.2 Å². The molecule has 2 spiro atoms. The maximum atomic E-state index is 12.8. The van der Waals surface area contributed by atoms with Gasteiger partial charge in [-0.1, -0.05) is 40.7 Å². The van der Waals surface area contributed by atoms with E-state index in [9.17, 15) is 9.50 Å². The molecule has 0 amide bonds. The van der Waals surface area contributed by atoms with Crippen molar-refractivity contribution < 1.29 is 9.50 Å². The number of hydrogen-bond donors (Lipinski definition) is 1. The number of fused-ring (bicyclic) bond motifs is 2. The molecule has 9 atom stereocenters. The van der Waals surface area contributed by atoms with Gasteiger partial charge in [-0.25, -0.2) is 4.39 Å². The summed E-state index contributed by atoms with van der Waals surface area (Å²) in [6, 6.07) is 0. The summed E-state index contributed by atoms with van der Waals surface area (Å²) in [5, 5.41) is 10.8. The first-order valence-electron chi connectivity index (χ1n) is 13.9. The Morgan fingerprint density at radius 2 is 1.62 bits per heavy atom. The molecule has 5 saturated carbocycles. The lowest BCUT2D eigenvalue weighted by atomic mass is 9.41. The fourth-order valence-electron chi connectivity index (χ4n) is 11.1. The summed E-state index contributed by atoms with van der Waals surface area (Å²) < 4.78 is 12.8. The van der Waals surface area contributed by atoms with Crippen LogP contribution in [0.3, 0.4) is 0 Å². The summed E-state index contributed by atoms with van der Waals surface area (Å²) in [6.07, 6.45) is 16.4. The van der Waals surface area contributed by atoms with Crippen molar-refractivity contribution in [3.8, 4) is 0 Å². The Labute approximate surface area is 197 Å². The number of allylic oxidation sites excluding steroid dienone is 2. The monoisotopic (exact) mass is 444 g/mol. The molecule has 0 aliphatic heterocycles. The van der Waals surface area contributed by atoms with Crippen LogP contribution >= 0.6 is 0 Å². The van der Waals surface area contributed by atoms with Crippen molar-refractivity contribution in [1.82, 2.24) is 0 Å². The van der Waals surface area contributed by atoms with Gasteiger partial charge in [0.2, 0.25) is 0 Å². The summed E-state index contributed by atoms with van der Waals surface area (Å²) in [5.41, 5.74) is 3.05. The molecule has 1 nitrogen and oxygen atoms in total. The van der Waals surface area contributed by atoms with Gasteiger partial charge in [-0.3, -0.25) is 0 Å². The van der Waals surface area contributed by atoms with Gasteiger partial charge in [0.15, 0.2) is 0 Å². The lowest BCUT2D eigenvalue weighted by Gasteiger charge is -2.63. The SMILES string of the molecule is C/C(=C\CC[C@@H](C)[C@H]1CC[C@@]2(C)[C@@H]3CC[C@H]4C(C)(C)C(O)CC[C@@]45C[C@@]35CC[C@]12C)CF. The zero-order valence-electron chi connectivity index (χ0n) is 21.8. The van der Waals surface area contributed by atoms with E-state index in [-0.39, 0.29) is 18.2 Å². The Morgan fingerprint density at radius 3 is 2.34 bits per heavy atom. The molecule has 0 aromatic carbocycles. The predicted molar refractivity (Wildman–Crippen MR) is 131 cm³/mol. The van der Waals surface area contributed by atoms with Crippen LogP contribution in [-0.4, -0.2) is 17.9 Å². The van der Waals surface area contributed by atoms with Crippen LogP contribution in [0.5, 0.6) is 0 Å². The van der Waals surface area contributed by atoms with Gasteiger partial charge in [0.1, 0.15) is 6.67 Å². The second-order valence-electron chi connectivity index (χ2n) is 14.3. The maximum Gasteiger partial charge on any atom is 0.110 e. The second-order valence-corrected chi connectivity index (χ2v) is 14.3. The van der Waals surface area contributed by atoms with Crippen LogP contribution in [0.25, 0.3) is 0 Å². The molecule has 0 aromatic heterocycles. The molecule has 0 bridgehead atoms. The molecule has 5 fully saturated rings. The van der Waals surface area contributed by atoms with E-state index in [0.29, 0.717) is 21.7 Å². The Morgan fingerprint density at radius 1 is 0.938 bits per heavy atom. The highest BCUT2D eigenvalue weighted by atomic mass is 19.1. The number of hydrogen-bond acceptors (Lipinski definition) is 1. The molecule has 0 saturated heterocycles. The first kappa shape index (κ1) is 23.4. The molecule has 1 unspecified atom stereocenters. The normalized spacial score (nSPS) is 52.4. The summed E-state index contributed by atoms with van der Waals surface area (Å²) >= 11 is 0. The summed E-state index contributed by atoms with van der Waals surface area (Å²) in [7, 11) is 0. The van der Waals surface area contributed by atoms with Crippen molar-refractivity contribution in [2.75, 3.05) is 6.67 Å². The third-order valence-corrected chi connectivity index (χ3v) is 13.2. The van der Waals surface area contributed by atoms with Gasteiger partial charge >= 0.3 is 0 Å². The van der Waals surface area contributed by atoms with Crippen LogP contribution in [0.4, 0.5) is 4.39 Å². The largest absolute Gasteiger partial charge is 0.393 e. The molecule has 32 heavy (non-hydrogen) atoms. The first-order valence-corrected chi connectivity index (χ1v) is 13.9. The third kappa shape index (κ3) is 2.77. The molecule has 0 radical (unpaired) electrons. The number of aliphatic hydroxyl groups is 1. The zero-order chi connectivity index (χ0) is 23.2. The lowest BCUT2D eigenvalue weighted by Crippen LogP contribution is -2.57. The molecule has 0 aromatic rings. The first-order chi connectivity index (χ1) is 15.0. The van der Waals surface area contributed by atoms with E-state index in [1.165, 1.54) is 57.8 Å². The van der Waals surface area contributed by atoms with Crippen molar-refractivity contribution >= 4 is 0 Å². The fraction of sp³-hybridized carbons (Fsp3) is 0.933. The minimum absolute atomic E-state index is 0.0896. The molecule has 2 heteroatoms. The van der Waals surface area contributed by atoms with Crippen molar-refractivity contribution in [2.45, 2.75) is 118 Å². The lowest BCUT2D eigenvalue weighted by molar-refractivity contribution is -0.161.